The van der Waals surface area contributed by atoms with Gasteiger partial charge in [0.05, 0.1) is 6.10 Å². The van der Waals surface area contributed by atoms with E-state index >= 15 is 0 Å². The average molecular weight is 224 g/mol. The van der Waals surface area contributed by atoms with Crippen molar-refractivity contribution in [2.75, 3.05) is 0 Å². The second-order valence-corrected chi connectivity index (χ2v) is 6.83. The molecule has 4 atom stereocenters. The number of rotatable bonds is 3. The molecule has 0 aromatic rings. The van der Waals surface area contributed by atoms with E-state index in [0.717, 1.165) is 18.3 Å². The summed E-state index contributed by atoms with van der Waals surface area (Å²) < 4.78 is 0. The molecular weight excluding hydrogens is 196 g/mol. The molecule has 0 aromatic carbocycles. The van der Waals surface area contributed by atoms with Crippen LogP contribution in [0.15, 0.2) is 0 Å². The molecule has 2 saturated carbocycles. The van der Waals surface area contributed by atoms with Gasteiger partial charge in [0.15, 0.2) is 0 Å². The van der Waals surface area contributed by atoms with Gasteiger partial charge in [-0.15, -0.1) is 0 Å². The minimum Gasteiger partial charge on any atom is -0.393 e. The van der Waals surface area contributed by atoms with E-state index in [0.29, 0.717) is 11.3 Å². The van der Waals surface area contributed by atoms with Crippen LogP contribution in [0, 0.1) is 23.2 Å². The van der Waals surface area contributed by atoms with Crippen LogP contribution in [0.3, 0.4) is 0 Å². The number of aliphatic hydroxyl groups is 1. The molecule has 0 heterocycles. The second-order valence-electron chi connectivity index (χ2n) is 6.83. The van der Waals surface area contributed by atoms with E-state index in [9.17, 15) is 5.11 Å². The lowest BCUT2D eigenvalue weighted by Crippen LogP contribution is -2.24. The van der Waals surface area contributed by atoms with E-state index in [2.05, 4.69) is 20.8 Å². The first kappa shape index (κ1) is 12.4. The third-order valence-corrected chi connectivity index (χ3v) is 5.78. The Bertz CT molecular complexity index is 234. The fourth-order valence-corrected chi connectivity index (χ4v) is 3.88. The Morgan fingerprint density at radius 3 is 2.31 bits per heavy atom. The highest BCUT2D eigenvalue weighted by Gasteiger charge is 2.40. The lowest BCUT2D eigenvalue weighted by Gasteiger charge is -2.32. The standard InChI is InChI=1S/C15H28O/c1-11-7-9-13(15(11,2)3)10-8-12-5-4-6-14(12)16/h11-14,16H,4-10H2,1-3H3. The monoisotopic (exact) mass is 224 g/mol. The zero-order valence-corrected chi connectivity index (χ0v) is 11.2. The van der Waals surface area contributed by atoms with Gasteiger partial charge in [0, 0.05) is 0 Å². The zero-order chi connectivity index (χ0) is 11.8. The Hall–Kier alpha value is -0.0400. The fraction of sp³-hybridized carbons (Fsp3) is 1.00. The van der Waals surface area contributed by atoms with Crippen LogP contribution in [0.4, 0.5) is 0 Å². The van der Waals surface area contributed by atoms with Gasteiger partial charge in [0.2, 0.25) is 0 Å². The molecule has 2 fully saturated rings. The quantitative estimate of drug-likeness (QED) is 0.768. The summed E-state index contributed by atoms with van der Waals surface area (Å²) in [5.74, 6) is 2.40. The molecule has 16 heavy (non-hydrogen) atoms. The van der Waals surface area contributed by atoms with Gasteiger partial charge >= 0.3 is 0 Å². The van der Waals surface area contributed by atoms with Crippen molar-refractivity contribution in [3.63, 3.8) is 0 Å². The number of aliphatic hydroxyl groups excluding tert-OH is 1. The van der Waals surface area contributed by atoms with Crippen LogP contribution in [-0.2, 0) is 0 Å². The molecule has 4 unspecified atom stereocenters. The van der Waals surface area contributed by atoms with Crippen molar-refractivity contribution in [2.45, 2.75) is 71.8 Å². The molecule has 2 aliphatic carbocycles. The molecule has 0 saturated heterocycles. The van der Waals surface area contributed by atoms with E-state index in [1.165, 1.54) is 38.5 Å². The summed E-state index contributed by atoms with van der Waals surface area (Å²) in [4.78, 5) is 0. The summed E-state index contributed by atoms with van der Waals surface area (Å²) in [6.45, 7) is 7.30. The molecule has 1 N–H and O–H groups in total. The first-order valence-electron chi connectivity index (χ1n) is 7.20. The molecule has 0 aromatic heterocycles. The number of hydrogen-bond acceptors (Lipinski definition) is 1. The van der Waals surface area contributed by atoms with Crippen LogP contribution in [0.25, 0.3) is 0 Å². The molecule has 94 valence electrons. The first-order chi connectivity index (χ1) is 7.51. The average Bonchev–Trinajstić information content (AvgIpc) is 2.72. The van der Waals surface area contributed by atoms with Gasteiger partial charge in [0.1, 0.15) is 0 Å². The van der Waals surface area contributed by atoms with E-state index < -0.39 is 0 Å². The summed E-state index contributed by atoms with van der Waals surface area (Å²) in [5.41, 5.74) is 0.531. The first-order valence-corrected chi connectivity index (χ1v) is 7.20. The highest BCUT2D eigenvalue weighted by atomic mass is 16.3. The molecule has 1 heteroatoms. The molecule has 2 rings (SSSR count). The van der Waals surface area contributed by atoms with Crippen LogP contribution in [0.1, 0.15) is 65.7 Å². The number of hydrogen-bond donors (Lipinski definition) is 1. The van der Waals surface area contributed by atoms with Crippen LogP contribution in [0.2, 0.25) is 0 Å². The normalized spacial score (nSPS) is 42.8. The summed E-state index contributed by atoms with van der Waals surface area (Å²) in [6, 6.07) is 0. The van der Waals surface area contributed by atoms with Gasteiger partial charge < -0.3 is 5.11 Å². The summed E-state index contributed by atoms with van der Waals surface area (Å²) in [6.07, 6.45) is 9.01. The van der Waals surface area contributed by atoms with Crippen LogP contribution < -0.4 is 0 Å². The lowest BCUT2D eigenvalue weighted by atomic mass is 9.73. The molecule has 0 spiro atoms. The van der Waals surface area contributed by atoms with Crippen LogP contribution in [0.5, 0.6) is 0 Å². The Balaban J connectivity index is 1.82. The fourth-order valence-electron chi connectivity index (χ4n) is 3.88. The van der Waals surface area contributed by atoms with Gasteiger partial charge in [-0.3, -0.25) is 0 Å². The molecule has 0 bridgehead atoms. The maximum atomic E-state index is 9.84. The highest BCUT2D eigenvalue weighted by Crippen LogP contribution is 2.49. The molecule has 0 radical (unpaired) electrons. The van der Waals surface area contributed by atoms with E-state index in [-0.39, 0.29) is 6.10 Å². The van der Waals surface area contributed by atoms with Gasteiger partial charge in [-0.1, -0.05) is 27.2 Å². The molecular formula is C15H28O. The molecule has 1 nitrogen and oxygen atoms in total. The Kier molecular flexibility index (Phi) is 3.63. The van der Waals surface area contributed by atoms with Gasteiger partial charge in [-0.2, -0.15) is 0 Å². The topological polar surface area (TPSA) is 20.2 Å². The van der Waals surface area contributed by atoms with Crippen molar-refractivity contribution in [1.29, 1.82) is 0 Å². The van der Waals surface area contributed by atoms with E-state index in [1.54, 1.807) is 0 Å². The Morgan fingerprint density at radius 1 is 1.06 bits per heavy atom. The molecule has 2 aliphatic rings. The zero-order valence-electron chi connectivity index (χ0n) is 11.2. The summed E-state index contributed by atoms with van der Waals surface area (Å²) in [5, 5.41) is 9.84. The van der Waals surface area contributed by atoms with Crippen molar-refractivity contribution in [1.82, 2.24) is 0 Å². The van der Waals surface area contributed by atoms with Crippen molar-refractivity contribution in [3.8, 4) is 0 Å². The largest absolute Gasteiger partial charge is 0.393 e. The van der Waals surface area contributed by atoms with Crippen molar-refractivity contribution in [2.24, 2.45) is 23.2 Å². The predicted molar refractivity (Wildman–Crippen MR) is 68.3 cm³/mol. The SMILES string of the molecule is CC1CCC(CCC2CCCC2O)C1(C)C. The Morgan fingerprint density at radius 2 is 1.81 bits per heavy atom. The Labute approximate surface area is 101 Å². The smallest absolute Gasteiger partial charge is 0.0568 e. The second kappa shape index (κ2) is 4.68. The van der Waals surface area contributed by atoms with Crippen molar-refractivity contribution in [3.05, 3.63) is 0 Å². The van der Waals surface area contributed by atoms with Gasteiger partial charge in [-0.05, 0) is 61.7 Å². The van der Waals surface area contributed by atoms with Gasteiger partial charge in [0.25, 0.3) is 0 Å². The maximum absolute atomic E-state index is 9.84. The lowest BCUT2D eigenvalue weighted by molar-refractivity contribution is 0.113. The van der Waals surface area contributed by atoms with E-state index in [4.69, 9.17) is 0 Å². The maximum Gasteiger partial charge on any atom is 0.0568 e. The summed E-state index contributed by atoms with van der Waals surface area (Å²) >= 11 is 0. The van der Waals surface area contributed by atoms with Crippen LogP contribution in [-0.4, -0.2) is 11.2 Å². The predicted octanol–water partition coefficient (Wildman–Crippen LogP) is 4.00. The van der Waals surface area contributed by atoms with Crippen molar-refractivity contribution >= 4 is 0 Å². The minimum atomic E-state index is 0.0157. The van der Waals surface area contributed by atoms with Crippen LogP contribution >= 0.6 is 0 Å². The molecule has 0 amide bonds. The van der Waals surface area contributed by atoms with Gasteiger partial charge in [-0.25, -0.2) is 0 Å². The van der Waals surface area contributed by atoms with Crippen molar-refractivity contribution < 1.29 is 5.11 Å². The highest BCUT2D eigenvalue weighted by molar-refractivity contribution is 4.90. The van der Waals surface area contributed by atoms with E-state index in [1.807, 2.05) is 0 Å². The minimum absolute atomic E-state index is 0.0157. The molecule has 0 aliphatic heterocycles. The summed E-state index contributed by atoms with van der Waals surface area (Å²) in [7, 11) is 0. The third kappa shape index (κ3) is 2.30. The third-order valence-electron chi connectivity index (χ3n) is 5.78.